The van der Waals surface area contributed by atoms with Gasteiger partial charge in [0.25, 0.3) is 0 Å². The van der Waals surface area contributed by atoms with Gasteiger partial charge in [0, 0.05) is 183 Å². The van der Waals surface area contributed by atoms with Gasteiger partial charge in [-0.15, -0.1) is 0 Å². The zero-order valence-corrected chi connectivity index (χ0v) is 62.4. The third-order valence-corrected chi connectivity index (χ3v) is 21.3. The summed E-state index contributed by atoms with van der Waals surface area (Å²) in [7, 11) is 2.13. The number of hydrogen-bond acceptors (Lipinski definition) is 20. The molecule has 0 saturated carbocycles. The molecule has 0 unspecified atom stereocenters. The van der Waals surface area contributed by atoms with Gasteiger partial charge in [-0.3, -0.25) is 59.9 Å². The third kappa shape index (κ3) is 15.3. The summed E-state index contributed by atoms with van der Waals surface area (Å²) in [5.41, 5.74) is 21.4. The zero-order valence-electron chi connectivity index (χ0n) is 62.4. The number of morpholine rings is 1. The molecule has 29 heteroatoms. The standard InChI is InChI=1S/C29H26FN9.C29H25FN8.C28H23FN8O/c1-38-5-7-39(8-6-38)17-18-9-20(11-22(30)10-18)24-15-32-16-25-26(24)35-29(34-25)27-23-12-21(14-33-28(23)37-36-27)19-3-2-4-31-13-19;30-22-10-18(17-38-7-2-1-3-8-38)9-20(11-22)24-15-32-16-25-26(24)35-29(34-25)27-23-12-21(14-33-28(23)37-36-27)19-5-4-6-31-13-19;29-21-9-17(16-37-4-6-38-7-5-37)8-19(10-21)23-14-31-15-24-25(23)34-28(33-24)26-22-11-20(13-32-27(22)36-35-26)18-2-1-3-30-12-18/h2-4,9-16H,5-8,17H2,1H3,(H,34,35)(H,33,36,37);4-6,9-16H,1-3,7-8,17H2,(H,34,35)(H,33,36,37);1-3,8-15H,4-7,16H2,(H,33,34)(H,32,35,36). The second kappa shape index (κ2) is 31.5. The number of H-pyrrole nitrogens is 6. The molecule has 3 saturated heterocycles. The van der Waals surface area contributed by atoms with Crippen LogP contribution in [0, 0.1) is 17.5 Å². The van der Waals surface area contributed by atoms with Crippen molar-refractivity contribution in [3.8, 4) is 101 Å². The van der Waals surface area contributed by atoms with Crippen molar-refractivity contribution in [3.05, 3.63) is 236 Å². The molecular formula is C86H74F3N25O. The number of hydrogen-bond donors (Lipinski definition) is 6. The smallest absolute Gasteiger partial charge is 0.181 e. The van der Waals surface area contributed by atoms with Gasteiger partial charge >= 0.3 is 0 Å². The second-order valence-electron chi connectivity index (χ2n) is 29.2. The van der Waals surface area contributed by atoms with Crippen LogP contribution in [0.5, 0.6) is 0 Å². The molecule has 15 aromatic heterocycles. The predicted molar refractivity (Wildman–Crippen MR) is 434 cm³/mol. The SMILES string of the molecule is CN1CCN(Cc2cc(F)cc(-c3cncc4[nH]c(-c5[nH]nc6ncc(-c7cccnc7)cc56)nc34)c2)CC1.Fc1cc(CN2CCCCC2)cc(-c2cncc3[nH]c(-c4[nH]nc5ncc(-c6cccnc6)cc45)nc23)c1.Fc1cc(CN2CCOCC2)cc(-c2cncc3[nH]c(-c4[nH]nc5ncc(-c6cccnc6)cc45)nc23)c1. The van der Waals surface area contributed by atoms with E-state index in [0.717, 1.165) is 197 Å². The zero-order chi connectivity index (χ0) is 77.3. The molecule has 570 valence electrons. The maximum absolute atomic E-state index is 14.8. The number of rotatable bonds is 15. The number of fused-ring (bicyclic) bond motifs is 6. The Labute approximate surface area is 654 Å². The number of nitrogens with zero attached hydrogens (tertiary/aromatic N) is 19. The molecule has 0 radical (unpaired) electrons. The second-order valence-corrected chi connectivity index (χ2v) is 29.2. The molecule has 18 aromatic rings. The molecule has 3 fully saturated rings. The highest BCUT2D eigenvalue weighted by Crippen LogP contribution is 2.38. The van der Waals surface area contributed by atoms with Crippen LogP contribution in [-0.2, 0) is 24.4 Å². The first-order valence-electron chi connectivity index (χ1n) is 38.1. The number of halogens is 3. The van der Waals surface area contributed by atoms with Crippen LogP contribution in [0.2, 0.25) is 0 Å². The van der Waals surface area contributed by atoms with Crippen molar-refractivity contribution in [3.63, 3.8) is 0 Å². The van der Waals surface area contributed by atoms with Gasteiger partial charge in [-0.25, -0.2) is 43.1 Å². The average Bonchev–Trinajstić information content (AvgIpc) is 1.68. The number of nitrogens with one attached hydrogen (secondary N) is 6. The number of likely N-dealkylation sites (N-methyl/N-ethyl adjacent to an activating group) is 1. The molecule has 18 heterocycles. The first-order chi connectivity index (χ1) is 56.5. The summed E-state index contributed by atoms with van der Waals surface area (Å²) in [5, 5.41) is 24.9. The fourth-order valence-electron chi connectivity index (χ4n) is 15.5. The molecule has 0 aliphatic carbocycles. The maximum atomic E-state index is 14.8. The Morgan fingerprint density at radius 1 is 0.348 bits per heavy atom. The summed E-state index contributed by atoms with van der Waals surface area (Å²) in [6.45, 7) is 11.3. The third-order valence-electron chi connectivity index (χ3n) is 21.3. The maximum Gasteiger partial charge on any atom is 0.181 e. The highest BCUT2D eigenvalue weighted by atomic mass is 19.1. The first kappa shape index (κ1) is 71.7. The van der Waals surface area contributed by atoms with E-state index >= 15 is 0 Å². The lowest BCUT2D eigenvalue weighted by molar-refractivity contribution is 0.0341. The van der Waals surface area contributed by atoms with E-state index in [2.05, 4.69) is 123 Å². The lowest BCUT2D eigenvalue weighted by Gasteiger charge is -2.32. The van der Waals surface area contributed by atoms with E-state index in [9.17, 15) is 13.2 Å². The van der Waals surface area contributed by atoms with Gasteiger partial charge in [0.1, 0.15) is 34.5 Å². The Balaban J connectivity index is 0.000000115. The summed E-state index contributed by atoms with van der Waals surface area (Å²) in [6.07, 6.45) is 30.1. The number of aromatic amines is 6. The number of piperidine rings is 1. The van der Waals surface area contributed by atoms with Crippen LogP contribution in [0.4, 0.5) is 13.2 Å². The topological polar surface area (TPSA) is 310 Å². The minimum atomic E-state index is -0.285. The molecule has 26 nitrogen and oxygen atoms in total. The van der Waals surface area contributed by atoms with Crippen molar-refractivity contribution in [2.24, 2.45) is 0 Å². The van der Waals surface area contributed by atoms with Gasteiger partial charge in [0.2, 0.25) is 0 Å². The highest BCUT2D eigenvalue weighted by molar-refractivity contribution is 6.00. The van der Waals surface area contributed by atoms with Crippen LogP contribution < -0.4 is 0 Å². The molecule has 6 N–H and O–H groups in total. The molecule has 115 heavy (non-hydrogen) atoms. The van der Waals surface area contributed by atoms with E-state index in [-0.39, 0.29) is 17.5 Å². The molecule has 21 rings (SSSR count). The molecule has 3 aromatic carbocycles. The first-order valence-corrected chi connectivity index (χ1v) is 38.1. The molecular weight excluding hydrogens is 1460 g/mol. The average molecular weight is 1530 g/mol. The predicted octanol–water partition coefficient (Wildman–Crippen LogP) is 14.9. The van der Waals surface area contributed by atoms with Crippen LogP contribution >= 0.6 is 0 Å². The number of ether oxygens (including phenoxy) is 1. The van der Waals surface area contributed by atoms with E-state index in [1.165, 1.54) is 25.3 Å². The lowest BCUT2D eigenvalue weighted by Crippen LogP contribution is -2.43. The highest BCUT2D eigenvalue weighted by Gasteiger charge is 2.24. The van der Waals surface area contributed by atoms with Crippen LogP contribution in [0.15, 0.2) is 202 Å². The van der Waals surface area contributed by atoms with Gasteiger partial charge < -0.3 is 24.6 Å². The summed E-state index contributed by atoms with van der Waals surface area (Å²) in [5.74, 6) is 1.03. The minimum absolute atomic E-state index is 0.254. The van der Waals surface area contributed by atoms with Crippen LogP contribution in [0.3, 0.4) is 0 Å². The van der Waals surface area contributed by atoms with E-state index in [4.69, 9.17) is 19.7 Å². The Morgan fingerprint density at radius 2 is 0.704 bits per heavy atom. The Bertz CT molecular complexity index is 6280. The fourth-order valence-corrected chi connectivity index (χ4v) is 15.5. The van der Waals surface area contributed by atoms with Gasteiger partial charge in [-0.2, -0.15) is 15.3 Å². The summed E-state index contributed by atoms with van der Waals surface area (Å²) < 4.78 is 49.7. The molecule has 0 spiro atoms. The number of piperazine rings is 1. The molecule has 0 amide bonds. The summed E-state index contributed by atoms with van der Waals surface area (Å²) in [4.78, 5) is 73.6. The monoisotopic (exact) mass is 1530 g/mol. The number of benzene rings is 3. The summed E-state index contributed by atoms with van der Waals surface area (Å²) >= 11 is 0. The van der Waals surface area contributed by atoms with Crippen molar-refractivity contribution in [1.82, 2.24) is 125 Å². The molecule has 0 bridgehead atoms. The van der Waals surface area contributed by atoms with Crippen molar-refractivity contribution < 1.29 is 17.9 Å². The summed E-state index contributed by atoms with van der Waals surface area (Å²) in [6, 6.07) is 33.3. The largest absolute Gasteiger partial charge is 0.379 e. The molecule has 0 atom stereocenters. The quantitative estimate of drug-likeness (QED) is 0.0555. The Hall–Kier alpha value is -13.6. The Morgan fingerprint density at radius 3 is 1.06 bits per heavy atom. The van der Waals surface area contributed by atoms with Crippen LogP contribution in [-0.4, -0.2) is 198 Å². The van der Waals surface area contributed by atoms with Gasteiger partial charge in [0.15, 0.2) is 34.4 Å². The minimum Gasteiger partial charge on any atom is -0.379 e. The van der Waals surface area contributed by atoms with Gasteiger partial charge in [-0.05, 0) is 157 Å². The number of likely N-dealkylation sites (tertiary alicyclic amines) is 1. The van der Waals surface area contributed by atoms with Crippen molar-refractivity contribution in [1.29, 1.82) is 0 Å². The van der Waals surface area contributed by atoms with E-state index < -0.39 is 0 Å². The fraction of sp³-hybridized carbons (Fsp3) is 0.198. The van der Waals surface area contributed by atoms with Gasteiger partial charge in [0.05, 0.1) is 81.1 Å². The number of aromatic nitrogens is 21. The van der Waals surface area contributed by atoms with E-state index in [1.807, 2.05) is 66.7 Å². The molecule has 3 aliphatic rings. The van der Waals surface area contributed by atoms with E-state index in [1.54, 1.807) is 123 Å². The van der Waals surface area contributed by atoms with Crippen LogP contribution in [0.25, 0.3) is 168 Å². The van der Waals surface area contributed by atoms with Crippen molar-refractivity contribution in [2.75, 3.05) is 72.6 Å². The Kier molecular flexibility index (Phi) is 19.7. The van der Waals surface area contributed by atoms with Crippen molar-refractivity contribution >= 4 is 66.2 Å². The van der Waals surface area contributed by atoms with Gasteiger partial charge in [-0.1, -0.05) is 24.6 Å². The number of imidazole rings is 3. The number of pyridine rings is 9. The normalized spacial score (nSPS) is 14.6. The van der Waals surface area contributed by atoms with Crippen LogP contribution in [0.1, 0.15) is 36.0 Å². The van der Waals surface area contributed by atoms with E-state index in [0.29, 0.717) is 71.9 Å². The molecule has 3 aliphatic heterocycles. The van der Waals surface area contributed by atoms with Crippen molar-refractivity contribution in [2.45, 2.75) is 38.9 Å². The lowest BCUT2D eigenvalue weighted by atomic mass is 10.0.